The fourth-order valence-electron chi connectivity index (χ4n) is 4.07. The molecule has 0 radical (unpaired) electrons. The molecule has 1 aliphatic rings. The predicted octanol–water partition coefficient (Wildman–Crippen LogP) is 7.32. The average molecular weight is 566 g/mol. The van der Waals surface area contributed by atoms with E-state index in [4.69, 9.17) is 42.5 Å². The van der Waals surface area contributed by atoms with Crippen LogP contribution in [0.2, 0.25) is 10.0 Å². The van der Waals surface area contributed by atoms with E-state index in [1.807, 2.05) is 12.1 Å². The van der Waals surface area contributed by atoms with E-state index in [1.54, 1.807) is 61.5 Å². The summed E-state index contributed by atoms with van der Waals surface area (Å²) in [5.41, 5.74) is 2.43. The zero-order valence-corrected chi connectivity index (χ0v) is 22.0. The van der Waals surface area contributed by atoms with Crippen LogP contribution >= 0.6 is 23.2 Å². The van der Waals surface area contributed by atoms with Crippen LogP contribution < -0.4 is 14.8 Å². The van der Waals surface area contributed by atoms with E-state index in [1.165, 1.54) is 0 Å². The molecular weight excluding hydrogens is 545 g/mol. The topological polar surface area (TPSA) is 120 Å². The summed E-state index contributed by atoms with van der Waals surface area (Å²) in [5.74, 6) is 1.70. The molecule has 1 amide bonds. The van der Waals surface area contributed by atoms with Crippen LogP contribution in [0.5, 0.6) is 17.2 Å². The lowest BCUT2D eigenvalue weighted by Gasteiger charge is -2.25. The molecular formula is C28H21Cl2N3O6. The number of hydrogen-bond acceptors (Lipinski definition) is 7. The normalized spacial score (nSPS) is 14.1. The summed E-state index contributed by atoms with van der Waals surface area (Å²) in [6.07, 6.45) is -1.65. The Morgan fingerprint density at radius 2 is 1.77 bits per heavy atom. The molecule has 3 aromatic carbocycles. The van der Waals surface area contributed by atoms with Crippen molar-refractivity contribution in [1.29, 1.82) is 0 Å². The summed E-state index contributed by atoms with van der Waals surface area (Å²) in [5, 5.41) is 12.7. The first kappa shape index (κ1) is 26.3. The number of rotatable bonds is 6. The Balaban J connectivity index is 1.29. The van der Waals surface area contributed by atoms with E-state index in [-0.39, 0.29) is 10.9 Å². The van der Waals surface area contributed by atoms with Gasteiger partial charge in [-0.1, -0.05) is 35.3 Å². The molecule has 0 fully saturated rings. The second-order valence-electron chi connectivity index (χ2n) is 8.60. The van der Waals surface area contributed by atoms with Crippen LogP contribution in [-0.4, -0.2) is 33.7 Å². The molecule has 0 saturated heterocycles. The minimum Gasteiger partial charge on any atom is -0.493 e. The number of ether oxygens (including phenoxy) is 3. The maximum atomic E-state index is 12.9. The van der Waals surface area contributed by atoms with E-state index in [9.17, 15) is 9.59 Å². The molecule has 2 N–H and O–H groups in total. The van der Waals surface area contributed by atoms with Crippen LogP contribution in [0, 0.1) is 6.92 Å². The molecule has 1 atom stereocenters. The van der Waals surface area contributed by atoms with E-state index >= 15 is 0 Å². The number of benzene rings is 3. The van der Waals surface area contributed by atoms with Crippen molar-refractivity contribution >= 4 is 41.1 Å². The van der Waals surface area contributed by atoms with Crippen molar-refractivity contribution in [1.82, 2.24) is 9.97 Å². The Hall–Kier alpha value is -4.34. The Morgan fingerprint density at radius 1 is 1.03 bits per heavy atom. The summed E-state index contributed by atoms with van der Waals surface area (Å²) in [4.78, 5) is 32.6. The van der Waals surface area contributed by atoms with Crippen molar-refractivity contribution in [3.05, 3.63) is 93.7 Å². The average Bonchev–Trinajstić information content (AvgIpc) is 2.90. The van der Waals surface area contributed by atoms with Crippen molar-refractivity contribution in [2.75, 3.05) is 11.9 Å². The molecule has 5 rings (SSSR count). The van der Waals surface area contributed by atoms with Crippen LogP contribution in [0.1, 0.15) is 34.3 Å². The number of nitrogens with zero attached hydrogens (tertiary/aromatic N) is 2. The lowest BCUT2D eigenvalue weighted by atomic mass is 10.0. The summed E-state index contributed by atoms with van der Waals surface area (Å²) >= 11 is 12.4. The van der Waals surface area contributed by atoms with Gasteiger partial charge in [-0.25, -0.2) is 14.8 Å². The second-order valence-corrected chi connectivity index (χ2v) is 9.45. The van der Waals surface area contributed by atoms with Gasteiger partial charge < -0.3 is 24.6 Å². The molecule has 0 aliphatic carbocycles. The molecule has 1 aliphatic heterocycles. The number of carbonyl (C=O) groups is 2. The van der Waals surface area contributed by atoms with Gasteiger partial charge in [-0.15, -0.1) is 0 Å². The highest BCUT2D eigenvalue weighted by Crippen LogP contribution is 2.42. The van der Waals surface area contributed by atoms with Gasteiger partial charge in [0.25, 0.3) is 5.91 Å². The van der Waals surface area contributed by atoms with Gasteiger partial charge in [0.1, 0.15) is 35.0 Å². The monoisotopic (exact) mass is 565 g/mol. The number of fused-ring (bicyclic) bond motifs is 1. The largest absolute Gasteiger partial charge is 0.506 e. The van der Waals surface area contributed by atoms with Gasteiger partial charge in [-0.2, -0.15) is 0 Å². The molecule has 2 heterocycles. The maximum Gasteiger partial charge on any atom is 0.506 e. The number of halogens is 2. The number of amides is 1. The van der Waals surface area contributed by atoms with Gasteiger partial charge in [-0.05, 0) is 49.4 Å². The number of aromatic nitrogens is 2. The highest BCUT2D eigenvalue weighted by Gasteiger charge is 2.27. The summed E-state index contributed by atoms with van der Waals surface area (Å²) in [6, 6.07) is 18.6. The van der Waals surface area contributed by atoms with Crippen molar-refractivity contribution < 1.29 is 28.9 Å². The van der Waals surface area contributed by atoms with Gasteiger partial charge in [0.05, 0.1) is 17.3 Å². The second kappa shape index (κ2) is 11.2. The summed E-state index contributed by atoms with van der Waals surface area (Å²) in [6.45, 7) is 2.04. The molecule has 39 heavy (non-hydrogen) atoms. The smallest absolute Gasteiger partial charge is 0.493 e. The van der Waals surface area contributed by atoms with E-state index in [2.05, 4.69) is 15.3 Å². The van der Waals surface area contributed by atoms with Crippen LogP contribution in [0.4, 0.5) is 10.6 Å². The minimum absolute atomic E-state index is 0.260. The minimum atomic E-state index is -1.37. The Labute approximate surface area is 233 Å². The van der Waals surface area contributed by atoms with Crippen LogP contribution in [0.25, 0.3) is 11.3 Å². The standard InChI is InChI=1S/C28H21Cl2N3O6/c1-15-31-22(16-2-6-18(29)7-3-16)13-26(32-15)33-27(34)17-4-8-19(9-5-17)38-25-14-24-20(12-21(25)30)23(10-11-37-24)39-28(35)36/h2-9,12-14,23H,10-11H2,1H3,(H,35,36)(H,31,32,33,34). The number of aryl methyl sites for hydroxylation is 1. The highest BCUT2D eigenvalue weighted by atomic mass is 35.5. The SMILES string of the molecule is Cc1nc(NC(=O)c2ccc(Oc3cc4c(cc3Cl)C(OC(=O)O)CCO4)cc2)cc(-c2ccc(Cl)cc2)n1. The molecule has 1 unspecified atom stereocenters. The van der Waals surface area contributed by atoms with Crippen molar-refractivity contribution in [2.45, 2.75) is 19.4 Å². The predicted molar refractivity (Wildman–Crippen MR) is 145 cm³/mol. The summed E-state index contributed by atoms with van der Waals surface area (Å²) in [7, 11) is 0. The van der Waals surface area contributed by atoms with Gasteiger partial charge >= 0.3 is 6.16 Å². The molecule has 1 aromatic heterocycles. The third kappa shape index (κ3) is 6.22. The molecule has 0 saturated carbocycles. The zero-order chi connectivity index (χ0) is 27.5. The van der Waals surface area contributed by atoms with Crippen LogP contribution in [0.3, 0.4) is 0 Å². The third-order valence-corrected chi connectivity index (χ3v) is 6.40. The summed E-state index contributed by atoms with van der Waals surface area (Å²) < 4.78 is 16.5. The van der Waals surface area contributed by atoms with E-state index < -0.39 is 12.3 Å². The Bertz CT molecular complexity index is 1540. The number of nitrogens with one attached hydrogen (secondary N) is 1. The molecule has 11 heteroatoms. The lowest BCUT2D eigenvalue weighted by molar-refractivity contribution is 0.0326. The first-order valence-corrected chi connectivity index (χ1v) is 12.6. The van der Waals surface area contributed by atoms with Crippen molar-refractivity contribution in [3.63, 3.8) is 0 Å². The van der Waals surface area contributed by atoms with Crippen molar-refractivity contribution in [2.24, 2.45) is 0 Å². The first-order chi connectivity index (χ1) is 18.7. The number of carbonyl (C=O) groups excluding carboxylic acids is 1. The number of anilines is 1. The van der Waals surface area contributed by atoms with Crippen LogP contribution in [0.15, 0.2) is 66.7 Å². The number of hydrogen-bond donors (Lipinski definition) is 2. The van der Waals surface area contributed by atoms with Gasteiger partial charge in [0.2, 0.25) is 0 Å². The maximum absolute atomic E-state index is 12.9. The molecule has 0 bridgehead atoms. The lowest BCUT2D eigenvalue weighted by Crippen LogP contribution is -2.18. The molecule has 198 valence electrons. The Kier molecular flexibility index (Phi) is 7.53. The fourth-order valence-corrected chi connectivity index (χ4v) is 4.41. The van der Waals surface area contributed by atoms with Gasteiger partial charge in [-0.3, -0.25) is 4.79 Å². The zero-order valence-electron chi connectivity index (χ0n) is 20.5. The highest BCUT2D eigenvalue weighted by molar-refractivity contribution is 6.32. The molecule has 4 aromatic rings. The van der Waals surface area contributed by atoms with Crippen LogP contribution in [-0.2, 0) is 4.74 Å². The first-order valence-electron chi connectivity index (χ1n) is 11.8. The fraction of sp³-hybridized carbons (Fsp3) is 0.143. The van der Waals surface area contributed by atoms with E-state index in [0.717, 1.165) is 5.56 Å². The Morgan fingerprint density at radius 3 is 2.49 bits per heavy atom. The molecule has 0 spiro atoms. The van der Waals surface area contributed by atoms with Gasteiger partial charge in [0, 0.05) is 40.3 Å². The number of carboxylic acid groups (broad SMARTS) is 1. The third-order valence-electron chi connectivity index (χ3n) is 5.86. The van der Waals surface area contributed by atoms with Crippen molar-refractivity contribution in [3.8, 4) is 28.5 Å². The molecule has 9 nitrogen and oxygen atoms in total. The van der Waals surface area contributed by atoms with Gasteiger partial charge in [0.15, 0.2) is 0 Å². The van der Waals surface area contributed by atoms with E-state index in [0.29, 0.717) is 63.8 Å². The quantitative estimate of drug-likeness (QED) is 0.233.